The highest BCUT2D eigenvalue weighted by molar-refractivity contribution is 5.84. The van der Waals surface area contributed by atoms with E-state index < -0.39 is 81.9 Å². The number of ether oxygens (including phenoxy) is 5. The molecule has 1 saturated carbocycles. The molecule has 6 heterocycles. The van der Waals surface area contributed by atoms with Crippen molar-refractivity contribution in [3.05, 3.63) is 12.2 Å². The van der Waals surface area contributed by atoms with Gasteiger partial charge in [-0.25, -0.2) is 4.79 Å². The fourth-order valence-electron chi connectivity index (χ4n) is 12.5. The summed E-state index contributed by atoms with van der Waals surface area (Å²) in [6, 6.07) is -0.782. The third-order valence-electron chi connectivity index (χ3n) is 17.2. The normalized spacial score (nSPS) is 47.1. The van der Waals surface area contributed by atoms with E-state index in [2.05, 4.69) is 26.1 Å². The van der Waals surface area contributed by atoms with E-state index in [0.29, 0.717) is 77.3 Å². The number of hydrogen-bond acceptors (Lipinski definition) is 10. The first-order valence-corrected chi connectivity index (χ1v) is 23.5. The average molecular weight is 845 g/mol. The molecular formula is C47H76N2O11. The highest BCUT2D eigenvalue weighted by Gasteiger charge is 2.74. The Hall–Kier alpha value is -2.13. The second kappa shape index (κ2) is 16.5. The zero-order chi connectivity index (χ0) is 43.8. The Bertz CT molecular complexity index is 1660. The molecular weight excluding hydrogens is 769 g/mol. The van der Waals surface area contributed by atoms with Gasteiger partial charge in [0, 0.05) is 42.7 Å². The molecule has 4 N–H and O–H groups in total. The van der Waals surface area contributed by atoms with Crippen LogP contribution < -0.4 is 5.32 Å². The van der Waals surface area contributed by atoms with Crippen molar-refractivity contribution in [1.82, 2.24) is 10.2 Å². The van der Waals surface area contributed by atoms with Crippen LogP contribution in [0.25, 0.3) is 0 Å². The predicted octanol–water partition coefficient (Wildman–Crippen LogP) is 6.76. The van der Waals surface area contributed by atoms with Crippen LogP contribution in [0.15, 0.2) is 12.2 Å². The number of carboxylic acids is 1. The van der Waals surface area contributed by atoms with Gasteiger partial charge in [0.15, 0.2) is 11.6 Å². The van der Waals surface area contributed by atoms with Gasteiger partial charge < -0.3 is 49.2 Å². The molecule has 340 valence electrons. The number of rotatable bonds is 12. The molecule has 0 aromatic carbocycles. The average Bonchev–Trinajstić information content (AvgIpc) is 3.64. The number of Topliss-reactive ketones (excluding diaryl/α,β-unsaturated/α-hetero) is 1. The summed E-state index contributed by atoms with van der Waals surface area (Å²) in [6.45, 7) is 21.4. The molecule has 5 saturated heterocycles. The number of carbonyl (C=O) groups excluding carboxylic acids is 2. The zero-order valence-corrected chi connectivity index (χ0v) is 38.0. The standard InChI is InChI=1S/C47H76N2O11/c1-11-32(40(52)53)34-16-15-28(5)45(57-34)26-42(45,9)39(51)30(7)37(50)33(12-2)38-27(4)25-29(6)46(58-38)20-17-35(48-41(54)49-23-14-24-49)47(60-46)22-21-43(10,59-47)36-18-19-44(55,13-3)31(8)56-36/h17,20,27-36,38-39,51,55H,11-16,18-19,21-26H2,1-10H3,(H,48,54)(H,52,53)/t27-,28-,29+,30+,31-,32+,33?,34+,35+,36+,38-,39+,42?,43-,44+,45+,46-,47-/m0/s1. The van der Waals surface area contributed by atoms with Crippen molar-refractivity contribution >= 4 is 17.8 Å². The number of likely N-dealkylation sites (tertiary alicyclic amines) is 1. The summed E-state index contributed by atoms with van der Waals surface area (Å²) < 4.78 is 34.9. The molecule has 0 aromatic heterocycles. The lowest BCUT2D eigenvalue weighted by molar-refractivity contribution is -0.398. The van der Waals surface area contributed by atoms with E-state index in [1.165, 1.54) is 0 Å². The number of carbonyl (C=O) groups is 3. The number of aliphatic carboxylic acids is 1. The summed E-state index contributed by atoms with van der Waals surface area (Å²) in [6.07, 6.45) is 8.82. The number of nitrogens with one attached hydrogen (secondary N) is 1. The highest BCUT2D eigenvalue weighted by Crippen LogP contribution is 2.68. The van der Waals surface area contributed by atoms with E-state index in [9.17, 15) is 29.7 Å². The van der Waals surface area contributed by atoms with Crippen LogP contribution in [0.1, 0.15) is 146 Å². The van der Waals surface area contributed by atoms with Gasteiger partial charge in [-0.2, -0.15) is 0 Å². The van der Waals surface area contributed by atoms with Crippen LogP contribution in [-0.4, -0.2) is 116 Å². The summed E-state index contributed by atoms with van der Waals surface area (Å²) in [5.41, 5.74) is -3.06. The quantitative estimate of drug-likeness (QED) is 0.153. The molecule has 13 heteroatoms. The molecule has 1 aliphatic carbocycles. The molecule has 2 amide bonds. The van der Waals surface area contributed by atoms with Crippen molar-refractivity contribution in [2.75, 3.05) is 13.1 Å². The number of amides is 2. The van der Waals surface area contributed by atoms with E-state index in [4.69, 9.17) is 23.7 Å². The maximum absolute atomic E-state index is 14.8. The summed E-state index contributed by atoms with van der Waals surface area (Å²) in [5.74, 6) is -5.36. The number of urea groups is 1. The highest BCUT2D eigenvalue weighted by atomic mass is 16.8. The van der Waals surface area contributed by atoms with E-state index in [0.717, 1.165) is 12.8 Å². The van der Waals surface area contributed by atoms with E-state index in [1.807, 2.05) is 60.6 Å². The van der Waals surface area contributed by atoms with Crippen molar-refractivity contribution in [2.45, 2.75) is 211 Å². The smallest absolute Gasteiger partial charge is 0.318 e. The molecule has 0 bridgehead atoms. The van der Waals surface area contributed by atoms with E-state index in [-0.39, 0.29) is 41.8 Å². The Labute approximate surface area is 358 Å². The Morgan fingerprint density at radius 2 is 1.62 bits per heavy atom. The van der Waals surface area contributed by atoms with Gasteiger partial charge >= 0.3 is 12.0 Å². The molecule has 6 fully saturated rings. The Kier molecular flexibility index (Phi) is 12.6. The van der Waals surface area contributed by atoms with Crippen molar-refractivity contribution in [2.24, 2.45) is 40.9 Å². The predicted molar refractivity (Wildman–Crippen MR) is 224 cm³/mol. The van der Waals surface area contributed by atoms with Gasteiger partial charge in [0.05, 0.1) is 53.2 Å². The number of nitrogens with zero attached hydrogens (tertiary/aromatic N) is 1. The minimum Gasteiger partial charge on any atom is -0.481 e. The number of ketones is 1. The number of carboxylic acid groups (broad SMARTS) is 1. The molecule has 18 atom stereocenters. The number of aliphatic hydroxyl groups excluding tert-OH is 1. The fourth-order valence-corrected chi connectivity index (χ4v) is 12.5. The SMILES string of the molecule is CCC(C(=O)[C@@H](C)[C@@H](O)C1(C)C[C@]12O[C@@H]([C@@H](CC)C(=O)O)CC[C@@H]2C)[C@H]1O[C@]2(C=C[C@@H](NC(=O)N3CCC3)[C@]3(CC[C@@](C)([C@H]4CC[C@](O)(CC)[C@H](C)O4)O3)O2)[C@H](C)C[C@@H]1C. The van der Waals surface area contributed by atoms with Gasteiger partial charge in [0.1, 0.15) is 11.8 Å². The molecule has 0 radical (unpaired) electrons. The summed E-state index contributed by atoms with van der Waals surface area (Å²) in [5, 5.41) is 36.5. The number of aliphatic hydroxyl groups is 2. The summed E-state index contributed by atoms with van der Waals surface area (Å²) in [4.78, 5) is 42.2. The zero-order valence-electron chi connectivity index (χ0n) is 38.0. The van der Waals surface area contributed by atoms with Gasteiger partial charge in [-0.05, 0) is 102 Å². The Morgan fingerprint density at radius 1 is 0.917 bits per heavy atom. The lowest BCUT2D eigenvalue weighted by atomic mass is 9.72. The second-order valence-electron chi connectivity index (χ2n) is 20.8. The van der Waals surface area contributed by atoms with Crippen LogP contribution in [-0.2, 0) is 33.3 Å². The maximum Gasteiger partial charge on any atom is 0.318 e. The van der Waals surface area contributed by atoms with Crippen LogP contribution in [0.5, 0.6) is 0 Å². The third-order valence-corrected chi connectivity index (χ3v) is 17.2. The van der Waals surface area contributed by atoms with Crippen LogP contribution in [0, 0.1) is 40.9 Å². The first kappa shape index (κ1) is 45.9. The summed E-state index contributed by atoms with van der Waals surface area (Å²) in [7, 11) is 0. The molecule has 3 spiro atoms. The minimum atomic E-state index is -1.29. The second-order valence-corrected chi connectivity index (χ2v) is 20.8. The van der Waals surface area contributed by atoms with E-state index >= 15 is 0 Å². The van der Waals surface area contributed by atoms with Crippen molar-refractivity contribution in [3.63, 3.8) is 0 Å². The summed E-state index contributed by atoms with van der Waals surface area (Å²) >= 11 is 0. The van der Waals surface area contributed by atoms with Crippen LogP contribution >= 0.6 is 0 Å². The number of hydrogen-bond donors (Lipinski definition) is 4. The Balaban J connectivity index is 1.12. The molecule has 13 nitrogen and oxygen atoms in total. The van der Waals surface area contributed by atoms with Crippen molar-refractivity contribution < 1.29 is 53.4 Å². The van der Waals surface area contributed by atoms with Gasteiger partial charge in [-0.3, -0.25) is 9.59 Å². The molecule has 2 unspecified atom stereocenters. The van der Waals surface area contributed by atoms with E-state index in [1.54, 1.807) is 4.90 Å². The van der Waals surface area contributed by atoms with Crippen molar-refractivity contribution in [3.8, 4) is 0 Å². The molecule has 6 aliphatic heterocycles. The topological polar surface area (TPSA) is 173 Å². The monoisotopic (exact) mass is 845 g/mol. The maximum atomic E-state index is 14.8. The lowest BCUT2D eigenvalue weighted by Crippen LogP contribution is -2.66. The van der Waals surface area contributed by atoms with Gasteiger partial charge in [-0.1, -0.05) is 61.5 Å². The van der Waals surface area contributed by atoms with Crippen LogP contribution in [0.4, 0.5) is 4.79 Å². The third kappa shape index (κ3) is 7.49. The van der Waals surface area contributed by atoms with Gasteiger partial charge in [0.25, 0.3) is 0 Å². The van der Waals surface area contributed by atoms with Gasteiger partial charge in [0.2, 0.25) is 0 Å². The molecule has 7 aliphatic rings. The fraction of sp³-hybridized carbons (Fsp3) is 0.894. The molecule has 60 heavy (non-hydrogen) atoms. The Morgan fingerprint density at radius 3 is 2.22 bits per heavy atom. The van der Waals surface area contributed by atoms with Crippen LogP contribution in [0.3, 0.4) is 0 Å². The largest absolute Gasteiger partial charge is 0.481 e. The van der Waals surface area contributed by atoms with Crippen molar-refractivity contribution in [1.29, 1.82) is 0 Å². The lowest BCUT2D eigenvalue weighted by Gasteiger charge is -2.55. The first-order valence-electron chi connectivity index (χ1n) is 23.5. The minimum absolute atomic E-state index is 0.00262. The first-order chi connectivity index (χ1) is 28.2. The molecule has 0 aromatic rings. The van der Waals surface area contributed by atoms with Gasteiger partial charge in [-0.15, -0.1) is 0 Å². The molecule has 7 rings (SSSR count). The van der Waals surface area contributed by atoms with Crippen LogP contribution in [0.2, 0.25) is 0 Å².